The molecule has 0 bridgehead atoms. The Labute approximate surface area is 246 Å². The molecule has 1 aromatic heterocycles. The van der Waals surface area contributed by atoms with Gasteiger partial charge in [-0.3, -0.25) is 14.4 Å². The maximum atomic E-state index is 13.2. The summed E-state index contributed by atoms with van der Waals surface area (Å²) in [6.45, 7) is 7.27. The molecule has 1 aliphatic carbocycles. The molecule has 3 fully saturated rings. The molecule has 3 heterocycles. The van der Waals surface area contributed by atoms with Crippen LogP contribution < -0.4 is 20.4 Å². The number of benzene rings is 2. The number of nitrogens with zero attached hydrogens (tertiary/aromatic N) is 4. The Bertz CT molecular complexity index is 1460. The van der Waals surface area contributed by atoms with Crippen molar-refractivity contribution in [1.29, 1.82) is 0 Å². The second kappa shape index (κ2) is 12.3. The van der Waals surface area contributed by atoms with Crippen molar-refractivity contribution >= 4 is 34.8 Å². The van der Waals surface area contributed by atoms with Crippen molar-refractivity contribution in [2.24, 2.45) is 0 Å². The molecule has 0 unspecified atom stereocenters. The Balaban J connectivity index is 1.15. The van der Waals surface area contributed by atoms with Crippen molar-refractivity contribution in [2.45, 2.75) is 44.9 Å². The lowest BCUT2D eigenvalue weighted by Crippen LogP contribution is -2.47. The van der Waals surface area contributed by atoms with Gasteiger partial charge in [0.05, 0.1) is 11.4 Å². The van der Waals surface area contributed by atoms with Crippen molar-refractivity contribution in [2.75, 3.05) is 60.9 Å². The first-order chi connectivity index (χ1) is 20.5. The zero-order chi connectivity index (χ0) is 29.1. The number of aromatic nitrogens is 1. The van der Waals surface area contributed by atoms with E-state index < -0.39 is 0 Å². The summed E-state index contributed by atoms with van der Waals surface area (Å²) in [4.78, 5) is 44.6. The van der Waals surface area contributed by atoms with E-state index in [1.165, 1.54) is 11.3 Å². The van der Waals surface area contributed by atoms with Crippen LogP contribution in [0.25, 0.3) is 0 Å². The Kier molecular flexibility index (Phi) is 8.12. The van der Waals surface area contributed by atoms with Gasteiger partial charge >= 0.3 is 0 Å². The molecule has 0 spiro atoms. The van der Waals surface area contributed by atoms with Crippen molar-refractivity contribution < 1.29 is 18.9 Å². The minimum absolute atomic E-state index is 0.188. The number of nitrogens with one attached hydrogen (secondary N) is 2. The normalized spacial score (nSPS) is 17.1. The maximum absolute atomic E-state index is 13.2. The number of aryl methyl sites for hydroxylation is 1. The number of anilines is 3. The van der Waals surface area contributed by atoms with Gasteiger partial charge in [-0.15, -0.1) is 0 Å². The van der Waals surface area contributed by atoms with Crippen LogP contribution in [-0.4, -0.2) is 73.6 Å². The Hall–Kier alpha value is -4.34. The van der Waals surface area contributed by atoms with Crippen molar-refractivity contribution in [3.63, 3.8) is 0 Å². The van der Waals surface area contributed by atoms with Gasteiger partial charge in [0, 0.05) is 75.5 Å². The van der Waals surface area contributed by atoms with E-state index in [1.807, 2.05) is 11.0 Å². The van der Waals surface area contributed by atoms with Crippen LogP contribution in [0.5, 0.6) is 0 Å². The van der Waals surface area contributed by atoms with Gasteiger partial charge in [0.25, 0.3) is 11.8 Å². The highest BCUT2D eigenvalue weighted by atomic mass is 16.5. The molecule has 2 aliphatic heterocycles. The largest absolute Gasteiger partial charge is 0.368 e. The number of carbonyl (C=O) groups excluding carboxylic acids is 3. The molecule has 2 saturated heterocycles. The van der Waals surface area contributed by atoms with Gasteiger partial charge in [-0.25, -0.2) is 0 Å². The number of hydrogen-bond donors (Lipinski definition) is 2. The van der Waals surface area contributed by atoms with Crippen molar-refractivity contribution in [1.82, 2.24) is 15.4 Å². The zero-order valence-electron chi connectivity index (χ0n) is 24.1. The predicted molar refractivity (Wildman–Crippen MR) is 161 cm³/mol. The van der Waals surface area contributed by atoms with Crippen molar-refractivity contribution in [3.05, 3.63) is 71.1 Å². The third-order valence-electron chi connectivity index (χ3n) is 8.39. The second-order valence-electron chi connectivity index (χ2n) is 11.4. The highest BCUT2D eigenvalue weighted by Gasteiger charge is 2.29. The first kappa shape index (κ1) is 27.8. The lowest BCUT2D eigenvalue weighted by atomic mass is 10.1. The Morgan fingerprint density at radius 2 is 1.71 bits per heavy atom. The molecule has 2 aromatic carbocycles. The quantitative estimate of drug-likeness (QED) is 0.352. The Morgan fingerprint density at radius 3 is 2.43 bits per heavy atom. The molecule has 0 atom stereocenters. The Morgan fingerprint density at radius 1 is 0.952 bits per heavy atom. The average molecular weight is 571 g/mol. The van der Waals surface area contributed by atoms with E-state index in [-0.39, 0.29) is 23.4 Å². The summed E-state index contributed by atoms with van der Waals surface area (Å²) in [5, 5.41) is 9.97. The van der Waals surface area contributed by atoms with Crippen LogP contribution in [-0.2, 0) is 4.79 Å². The van der Waals surface area contributed by atoms with E-state index in [0.717, 1.165) is 63.4 Å². The van der Waals surface area contributed by atoms with Crippen LogP contribution in [0.1, 0.15) is 70.2 Å². The summed E-state index contributed by atoms with van der Waals surface area (Å²) in [7, 11) is 0. The topological polar surface area (TPSA) is 111 Å². The van der Waals surface area contributed by atoms with Gasteiger partial charge in [-0.2, -0.15) is 0 Å². The molecule has 6 rings (SSSR count). The van der Waals surface area contributed by atoms with Crippen LogP contribution >= 0.6 is 0 Å². The average Bonchev–Trinajstić information content (AvgIpc) is 3.59. The van der Waals surface area contributed by atoms with Crippen molar-refractivity contribution in [3.8, 4) is 0 Å². The zero-order valence-corrected chi connectivity index (χ0v) is 24.1. The fourth-order valence-corrected chi connectivity index (χ4v) is 5.82. The molecule has 0 radical (unpaired) electrons. The van der Waals surface area contributed by atoms with Gasteiger partial charge in [0.1, 0.15) is 5.76 Å². The second-order valence-corrected chi connectivity index (χ2v) is 11.4. The molecule has 2 N–H and O–H groups in total. The highest BCUT2D eigenvalue weighted by molar-refractivity contribution is 6.06. The maximum Gasteiger partial charge on any atom is 0.277 e. The van der Waals surface area contributed by atoms with Gasteiger partial charge in [0.15, 0.2) is 5.69 Å². The van der Waals surface area contributed by atoms with E-state index in [0.29, 0.717) is 43.1 Å². The summed E-state index contributed by atoms with van der Waals surface area (Å²) in [6, 6.07) is 15.6. The number of para-hydroxylation sites is 1. The fourth-order valence-electron chi connectivity index (χ4n) is 5.82. The number of rotatable bonds is 10. The van der Waals surface area contributed by atoms with E-state index in [9.17, 15) is 14.4 Å². The first-order valence-corrected chi connectivity index (χ1v) is 15.0. The van der Waals surface area contributed by atoms with Gasteiger partial charge in [-0.1, -0.05) is 23.4 Å². The standard InChI is InChI=1S/C32H38N6O4/c1-22-6-2-3-7-27(22)36-16-18-37(19-17-36)28-12-11-24(31(40)33-13-5-15-38-14-4-8-30(38)39)20-25(28)34-32(41)26-21-29(42-35-26)23-9-10-23/h2-3,6-7,11-12,20-21,23H,4-5,8-10,13-19H2,1H3,(H,33,40)(H,34,41). The predicted octanol–water partition coefficient (Wildman–Crippen LogP) is 4.18. The molecule has 3 aromatic rings. The van der Waals surface area contributed by atoms with Crippen LogP contribution in [0.3, 0.4) is 0 Å². The molecular formula is C32H38N6O4. The summed E-state index contributed by atoms with van der Waals surface area (Å²) < 4.78 is 5.40. The number of piperazine rings is 1. The fraction of sp³-hybridized carbons (Fsp3) is 0.438. The van der Waals surface area contributed by atoms with Crippen LogP contribution in [0.2, 0.25) is 0 Å². The lowest BCUT2D eigenvalue weighted by molar-refractivity contribution is -0.127. The number of likely N-dealkylation sites (tertiary alicyclic amines) is 1. The summed E-state index contributed by atoms with van der Waals surface area (Å²) >= 11 is 0. The molecule has 1 saturated carbocycles. The molecule has 3 aliphatic rings. The van der Waals surface area contributed by atoms with E-state index in [2.05, 4.69) is 56.8 Å². The van der Waals surface area contributed by atoms with E-state index in [4.69, 9.17) is 4.52 Å². The van der Waals surface area contributed by atoms with Crippen LogP contribution in [0.4, 0.5) is 17.1 Å². The summed E-state index contributed by atoms with van der Waals surface area (Å²) in [5.41, 5.74) is 4.62. The number of amides is 3. The SMILES string of the molecule is Cc1ccccc1N1CCN(c2ccc(C(=O)NCCCN3CCCC3=O)cc2NC(=O)c2cc(C3CC3)on2)CC1. The minimum Gasteiger partial charge on any atom is -0.368 e. The monoisotopic (exact) mass is 570 g/mol. The third kappa shape index (κ3) is 6.27. The van der Waals surface area contributed by atoms with E-state index >= 15 is 0 Å². The molecular weight excluding hydrogens is 532 g/mol. The minimum atomic E-state index is -0.363. The smallest absolute Gasteiger partial charge is 0.277 e. The molecule has 220 valence electrons. The number of carbonyl (C=O) groups is 3. The first-order valence-electron chi connectivity index (χ1n) is 15.0. The van der Waals surface area contributed by atoms with Gasteiger partial charge in [-0.05, 0) is 62.4 Å². The highest BCUT2D eigenvalue weighted by Crippen LogP contribution is 2.40. The van der Waals surface area contributed by atoms with Crippen LogP contribution in [0.15, 0.2) is 53.1 Å². The van der Waals surface area contributed by atoms with Gasteiger partial charge < -0.3 is 29.9 Å². The number of hydrogen-bond acceptors (Lipinski definition) is 7. The molecule has 10 heteroatoms. The molecule has 42 heavy (non-hydrogen) atoms. The van der Waals surface area contributed by atoms with E-state index in [1.54, 1.807) is 18.2 Å². The van der Waals surface area contributed by atoms with Crippen LogP contribution in [0, 0.1) is 6.92 Å². The molecule has 3 amide bonds. The van der Waals surface area contributed by atoms with Gasteiger partial charge in [0.2, 0.25) is 5.91 Å². The summed E-state index contributed by atoms with van der Waals surface area (Å²) in [6.07, 6.45) is 4.33. The molecule has 10 nitrogen and oxygen atoms in total. The third-order valence-corrected chi connectivity index (χ3v) is 8.39. The lowest BCUT2D eigenvalue weighted by Gasteiger charge is -2.38. The summed E-state index contributed by atoms with van der Waals surface area (Å²) in [5.74, 6) is 0.713.